The number of carbonyl (C=O) groups is 2. The highest BCUT2D eigenvalue weighted by Crippen LogP contribution is 2.15. The lowest BCUT2D eigenvalue weighted by Gasteiger charge is -2.34. The molecule has 6 heteroatoms. The SMILES string of the molecule is CCCNC(=O)N1CCN(C(=O)c2ccc(OCC)cc2)CC1. The van der Waals surface area contributed by atoms with Crippen molar-refractivity contribution >= 4 is 11.9 Å². The van der Waals surface area contributed by atoms with E-state index in [1.54, 1.807) is 21.9 Å². The molecule has 1 aliphatic heterocycles. The molecule has 2 rings (SSSR count). The third-order valence-electron chi connectivity index (χ3n) is 3.79. The molecule has 0 saturated carbocycles. The smallest absolute Gasteiger partial charge is 0.317 e. The zero-order valence-electron chi connectivity index (χ0n) is 13.9. The summed E-state index contributed by atoms with van der Waals surface area (Å²) in [6.07, 6.45) is 0.919. The number of hydrogen-bond acceptors (Lipinski definition) is 3. The number of urea groups is 1. The van der Waals surface area contributed by atoms with Crippen LogP contribution in [0, 0.1) is 0 Å². The van der Waals surface area contributed by atoms with Crippen molar-refractivity contribution in [3.05, 3.63) is 29.8 Å². The molecule has 0 bridgehead atoms. The number of ether oxygens (including phenoxy) is 1. The number of nitrogens with zero attached hydrogens (tertiary/aromatic N) is 2. The lowest BCUT2D eigenvalue weighted by molar-refractivity contribution is 0.0665. The molecule has 1 heterocycles. The summed E-state index contributed by atoms with van der Waals surface area (Å²) in [5.74, 6) is 0.767. The summed E-state index contributed by atoms with van der Waals surface area (Å²) in [6.45, 7) is 7.50. The normalized spacial score (nSPS) is 14.5. The van der Waals surface area contributed by atoms with Crippen LogP contribution in [0.2, 0.25) is 0 Å². The Bertz CT molecular complexity index is 522. The molecule has 0 radical (unpaired) electrons. The third kappa shape index (κ3) is 4.61. The monoisotopic (exact) mass is 319 g/mol. The van der Waals surface area contributed by atoms with Crippen LogP contribution in [-0.4, -0.2) is 61.1 Å². The van der Waals surface area contributed by atoms with Gasteiger partial charge in [0.05, 0.1) is 6.61 Å². The van der Waals surface area contributed by atoms with Crippen molar-refractivity contribution in [2.45, 2.75) is 20.3 Å². The first-order valence-corrected chi connectivity index (χ1v) is 8.20. The Hall–Kier alpha value is -2.24. The minimum atomic E-state index is -0.0417. The van der Waals surface area contributed by atoms with Crippen molar-refractivity contribution in [2.24, 2.45) is 0 Å². The van der Waals surface area contributed by atoms with Gasteiger partial charge in [0.25, 0.3) is 5.91 Å². The van der Waals surface area contributed by atoms with Gasteiger partial charge in [-0.05, 0) is 37.6 Å². The molecule has 0 atom stereocenters. The summed E-state index contributed by atoms with van der Waals surface area (Å²) in [4.78, 5) is 27.9. The second-order valence-electron chi connectivity index (χ2n) is 5.47. The molecule has 1 fully saturated rings. The number of benzene rings is 1. The Kier molecular flexibility index (Phi) is 6.26. The Labute approximate surface area is 137 Å². The van der Waals surface area contributed by atoms with Gasteiger partial charge in [-0.3, -0.25) is 4.79 Å². The molecule has 1 saturated heterocycles. The maximum absolute atomic E-state index is 12.5. The summed E-state index contributed by atoms with van der Waals surface area (Å²) in [5.41, 5.74) is 0.650. The van der Waals surface area contributed by atoms with E-state index in [1.165, 1.54) is 0 Å². The van der Waals surface area contributed by atoms with Crippen molar-refractivity contribution in [1.29, 1.82) is 0 Å². The van der Waals surface area contributed by atoms with Gasteiger partial charge in [-0.2, -0.15) is 0 Å². The first kappa shape index (κ1) is 17.1. The van der Waals surface area contributed by atoms with E-state index in [-0.39, 0.29) is 11.9 Å². The van der Waals surface area contributed by atoms with Crippen LogP contribution in [0.15, 0.2) is 24.3 Å². The lowest BCUT2D eigenvalue weighted by atomic mass is 10.1. The predicted molar refractivity (Wildman–Crippen MR) is 88.8 cm³/mol. The standard InChI is InChI=1S/C17H25N3O3/c1-3-9-18-17(22)20-12-10-19(11-13-20)16(21)14-5-7-15(8-6-14)23-4-2/h5-8H,3-4,9-13H2,1-2H3,(H,18,22). The zero-order valence-corrected chi connectivity index (χ0v) is 13.9. The summed E-state index contributed by atoms with van der Waals surface area (Å²) < 4.78 is 5.38. The van der Waals surface area contributed by atoms with E-state index in [2.05, 4.69) is 5.32 Å². The second-order valence-corrected chi connectivity index (χ2v) is 5.47. The highest BCUT2D eigenvalue weighted by molar-refractivity contribution is 5.94. The van der Waals surface area contributed by atoms with Crippen LogP contribution in [0.25, 0.3) is 0 Å². The largest absolute Gasteiger partial charge is 0.494 e. The van der Waals surface area contributed by atoms with E-state index in [0.29, 0.717) is 44.9 Å². The number of carbonyl (C=O) groups excluding carboxylic acids is 2. The fourth-order valence-electron chi connectivity index (χ4n) is 2.50. The Morgan fingerprint density at radius 1 is 1.04 bits per heavy atom. The van der Waals surface area contributed by atoms with E-state index in [0.717, 1.165) is 12.2 Å². The first-order chi connectivity index (χ1) is 11.2. The van der Waals surface area contributed by atoms with Gasteiger partial charge in [0.1, 0.15) is 5.75 Å². The summed E-state index contributed by atoms with van der Waals surface area (Å²) in [6, 6.07) is 7.15. The summed E-state index contributed by atoms with van der Waals surface area (Å²) >= 11 is 0. The summed E-state index contributed by atoms with van der Waals surface area (Å²) in [5, 5.41) is 2.87. The van der Waals surface area contributed by atoms with E-state index >= 15 is 0 Å². The molecule has 0 unspecified atom stereocenters. The van der Waals surface area contributed by atoms with Crippen LogP contribution < -0.4 is 10.1 Å². The van der Waals surface area contributed by atoms with Gasteiger partial charge < -0.3 is 19.9 Å². The van der Waals surface area contributed by atoms with E-state index < -0.39 is 0 Å². The molecule has 1 aliphatic rings. The van der Waals surface area contributed by atoms with E-state index in [9.17, 15) is 9.59 Å². The van der Waals surface area contributed by atoms with Crippen LogP contribution in [0.3, 0.4) is 0 Å². The van der Waals surface area contributed by atoms with Gasteiger partial charge >= 0.3 is 6.03 Å². The molecular formula is C17H25N3O3. The number of amides is 3. The maximum atomic E-state index is 12.5. The molecule has 0 aliphatic carbocycles. The molecule has 3 amide bonds. The van der Waals surface area contributed by atoms with Crippen LogP contribution in [0.1, 0.15) is 30.6 Å². The zero-order chi connectivity index (χ0) is 16.7. The van der Waals surface area contributed by atoms with Crippen LogP contribution in [-0.2, 0) is 0 Å². The second kappa shape index (κ2) is 8.41. The topological polar surface area (TPSA) is 61.9 Å². The molecule has 1 N–H and O–H groups in total. The van der Waals surface area contributed by atoms with Gasteiger partial charge in [0.15, 0.2) is 0 Å². The minimum absolute atomic E-state index is 0.00154. The van der Waals surface area contributed by atoms with Crippen molar-refractivity contribution in [2.75, 3.05) is 39.3 Å². The average molecular weight is 319 g/mol. The van der Waals surface area contributed by atoms with Crippen molar-refractivity contribution in [3.8, 4) is 5.75 Å². The van der Waals surface area contributed by atoms with Crippen molar-refractivity contribution < 1.29 is 14.3 Å². The molecule has 1 aromatic carbocycles. The third-order valence-corrected chi connectivity index (χ3v) is 3.79. The molecular weight excluding hydrogens is 294 g/mol. The number of rotatable bonds is 5. The Balaban J connectivity index is 1.86. The molecule has 1 aromatic rings. The Morgan fingerprint density at radius 2 is 1.65 bits per heavy atom. The number of piperazine rings is 1. The van der Waals surface area contributed by atoms with Gasteiger partial charge in [0.2, 0.25) is 0 Å². The van der Waals surface area contributed by atoms with E-state index in [4.69, 9.17) is 4.74 Å². The van der Waals surface area contributed by atoms with Crippen molar-refractivity contribution in [1.82, 2.24) is 15.1 Å². The first-order valence-electron chi connectivity index (χ1n) is 8.20. The highest BCUT2D eigenvalue weighted by atomic mass is 16.5. The van der Waals surface area contributed by atoms with Gasteiger partial charge in [-0.15, -0.1) is 0 Å². The maximum Gasteiger partial charge on any atom is 0.317 e. The van der Waals surface area contributed by atoms with Gasteiger partial charge in [-0.1, -0.05) is 6.92 Å². The average Bonchev–Trinajstić information content (AvgIpc) is 2.60. The Morgan fingerprint density at radius 3 is 2.22 bits per heavy atom. The molecule has 0 aromatic heterocycles. The predicted octanol–water partition coefficient (Wildman–Crippen LogP) is 1.96. The lowest BCUT2D eigenvalue weighted by Crippen LogP contribution is -2.53. The van der Waals surface area contributed by atoms with Gasteiger partial charge in [0, 0.05) is 38.3 Å². The van der Waals surface area contributed by atoms with Crippen LogP contribution >= 0.6 is 0 Å². The van der Waals surface area contributed by atoms with Gasteiger partial charge in [-0.25, -0.2) is 4.79 Å². The fourth-order valence-corrected chi connectivity index (χ4v) is 2.50. The number of nitrogens with one attached hydrogen (secondary N) is 1. The van der Waals surface area contributed by atoms with E-state index in [1.807, 2.05) is 26.0 Å². The molecule has 23 heavy (non-hydrogen) atoms. The minimum Gasteiger partial charge on any atom is -0.494 e. The highest BCUT2D eigenvalue weighted by Gasteiger charge is 2.24. The fraction of sp³-hybridized carbons (Fsp3) is 0.529. The molecule has 0 spiro atoms. The van der Waals surface area contributed by atoms with Crippen molar-refractivity contribution in [3.63, 3.8) is 0 Å². The quantitative estimate of drug-likeness (QED) is 0.902. The number of hydrogen-bond donors (Lipinski definition) is 1. The molecule has 126 valence electrons. The van der Waals surface area contributed by atoms with Crippen LogP contribution in [0.4, 0.5) is 4.79 Å². The summed E-state index contributed by atoms with van der Waals surface area (Å²) in [7, 11) is 0. The van der Waals surface area contributed by atoms with Crippen LogP contribution in [0.5, 0.6) is 5.75 Å². The molecule has 6 nitrogen and oxygen atoms in total.